The Balaban J connectivity index is 2.75. The number of aryl methyl sites for hydroxylation is 1. The summed E-state index contributed by atoms with van der Waals surface area (Å²) in [7, 11) is 2.02. The summed E-state index contributed by atoms with van der Waals surface area (Å²) in [5.74, 6) is 2.70. The van der Waals surface area contributed by atoms with E-state index >= 15 is 0 Å². The van der Waals surface area contributed by atoms with E-state index in [9.17, 15) is 0 Å². The molecule has 0 radical (unpaired) electrons. The van der Waals surface area contributed by atoms with Crippen molar-refractivity contribution in [2.75, 3.05) is 43.6 Å². The van der Waals surface area contributed by atoms with Crippen molar-refractivity contribution in [3.63, 3.8) is 0 Å². The maximum Gasteiger partial charge on any atom is 0.134 e. The van der Waals surface area contributed by atoms with Crippen molar-refractivity contribution in [1.82, 2.24) is 9.97 Å². The van der Waals surface area contributed by atoms with Crippen molar-refractivity contribution in [3.8, 4) is 0 Å². The first kappa shape index (κ1) is 14.7. The van der Waals surface area contributed by atoms with Gasteiger partial charge in [0, 0.05) is 39.2 Å². The van der Waals surface area contributed by atoms with Gasteiger partial charge in [0.25, 0.3) is 0 Å². The Bertz CT molecular complexity index is 357. The molecule has 0 aromatic carbocycles. The van der Waals surface area contributed by atoms with Crippen LogP contribution in [0, 0.1) is 0 Å². The summed E-state index contributed by atoms with van der Waals surface area (Å²) in [4.78, 5) is 11.1. The molecule has 0 saturated carbocycles. The number of aromatic nitrogens is 2. The lowest BCUT2D eigenvalue weighted by Gasteiger charge is -2.19. The van der Waals surface area contributed by atoms with Crippen LogP contribution in [0.3, 0.4) is 0 Å². The van der Waals surface area contributed by atoms with E-state index in [2.05, 4.69) is 34.0 Å². The predicted molar refractivity (Wildman–Crippen MR) is 75.3 cm³/mol. The molecular formula is C13H24N4O. The summed E-state index contributed by atoms with van der Waals surface area (Å²) in [5, 5.41) is 3.24. The highest BCUT2D eigenvalue weighted by molar-refractivity contribution is 5.48. The summed E-state index contributed by atoms with van der Waals surface area (Å²) in [6, 6.07) is 1.98. The van der Waals surface area contributed by atoms with E-state index in [1.165, 1.54) is 0 Å². The van der Waals surface area contributed by atoms with Gasteiger partial charge in [0.05, 0.1) is 6.61 Å². The summed E-state index contributed by atoms with van der Waals surface area (Å²) >= 11 is 0. The molecule has 1 aromatic heterocycles. The molecule has 0 atom stereocenters. The average molecular weight is 252 g/mol. The Morgan fingerprint density at radius 2 is 2.06 bits per heavy atom. The van der Waals surface area contributed by atoms with E-state index in [-0.39, 0.29) is 0 Å². The third-order valence-corrected chi connectivity index (χ3v) is 2.60. The Morgan fingerprint density at radius 1 is 1.28 bits per heavy atom. The Labute approximate surface area is 110 Å². The largest absolute Gasteiger partial charge is 0.380 e. The lowest BCUT2D eigenvalue weighted by Crippen LogP contribution is -2.24. The van der Waals surface area contributed by atoms with Gasteiger partial charge in [-0.25, -0.2) is 9.97 Å². The quantitative estimate of drug-likeness (QED) is 0.717. The molecular weight excluding hydrogens is 228 g/mol. The van der Waals surface area contributed by atoms with Gasteiger partial charge in [-0.2, -0.15) is 0 Å². The highest BCUT2D eigenvalue weighted by Gasteiger charge is 2.07. The van der Waals surface area contributed by atoms with E-state index in [1.807, 2.05) is 20.0 Å². The summed E-state index contributed by atoms with van der Waals surface area (Å²) < 4.78 is 5.36. The average Bonchev–Trinajstić information content (AvgIpc) is 2.39. The Hall–Kier alpha value is -1.36. The van der Waals surface area contributed by atoms with Crippen LogP contribution in [0.2, 0.25) is 0 Å². The molecule has 102 valence electrons. The normalized spacial score (nSPS) is 10.4. The zero-order valence-electron chi connectivity index (χ0n) is 11.9. The molecule has 0 aliphatic rings. The van der Waals surface area contributed by atoms with Crippen LogP contribution >= 0.6 is 0 Å². The lowest BCUT2D eigenvalue weighted by atomic mass is 10.4. The van der Waals surface area contributed by atoms with Gasteiger partial charge in [0.2, 0.25) is 0 Å². The van der Waals surface area contributed by atoms with Gasteiger partial charge >= 0.3 is 0 Å². The number of likely N-dealkylation sites (N-methyl/N-ethyl adjacent to an activating group) is 1. The number of nitrogens with one attached hydrogen (secondary N) is 1. The lowest BCUT2D eigenvalue weighted by molar-refractivity contribution is 0.154. The van der Waals surface area contributed by atoms with Crippen LogP contribution in [0.4, 0.5) is 11.6 Å². The molecule has 0 aliphatic heterocycles. The van der Waals surface area contributed by atoms with Crippen molar-refractivity contribution < 1.29 is 4.74 Å². The standard InChI is InChI=1S/C13H24N4O/c1-5-11-15-12(14-6-2)10-13(16-11)17(4)8-9-18-7-3/h10H,5-9H2,1-4H3,(H,14,15,16). The number of anilines is 2. The second-order valence-electron chi connectivity index (χ2n) is 4.03. The van der Waals surface area contributed by atoms with Crippen LogP contribution in [0.25, 0.3) is 0 Å². The Morgan fingerprint density at radius 3 is 2.67 bits per heavy atom. The summed E-state index contributed by atoms with van der Waals surface area (Å²) in [6.45, 7) is 9.29. The van der Waals surface area contributed by atoms with Crippen LogP contribution in [0.15, 0.2) is 6.07 Å². The van der Waals surface area contributed by atoms with Crippen LogP contribution in [-0.2, 0) is 11.2 Å². The first-order valence-corrected chi connectivity index (χ1v) is 6.61. The smallest absolute Gasteiger partial charge is 0.134 e. The zero-order chi connectivity index (χ0) is 13.4. The molecule has 1 heterocycles. The number of hydrogen-bond donors (Lipinski definition) is 1. The third kappa shape index (κ3) is 4.49. The number of rotatable bonds is 8. The van der Waals surface area contributed by atoms with Crippen molar-refractivity contribution in [1.29, 1.82) is 0 Å². The van der Waals surface area contributed by atoms with Gasteiger partial charge < -0.3 is 15.0 Å². The molecule has 18 heavy (non-hydrogen) atoms. The molecule has 0 spiro atoms. The number of ether oxygens (including phenoxy) is 1. The maximum atomic E-state index is 5.36. The third-order valence-electron chi connectivity index (χ3n) is 2.60. The minimum Gasteiger partial charge on any atom is -0.380 e. The van der Waals surface area contributed by atoms with Crippen molar-refractivity contribution in [2.45, 2.75) is 27.2 Å². The molecule has 1 rings (SSSR count). The first-order chi connectivity index (χ1) is 8.71. The van der Waals surface area contributed by atoms with Gasteiger partial charge in [-0.15, -0.1) is 0 Å². The zero-order valence-corrected chi connectivity index (χ0v) is 11.9. The number of nitrogens with zero attached hydrogens (tertiary/aromatic N) is 3. The van der Waals surface area contributed by atoms with E-state index in [4.69, 9.17) is 4.74 Å². The Kier molecular flexibility index (Phi) is 6.43. The molecule has 0 saturated heterocycles. The van der Waals surface area contributed by atoms with E-state index in [0.717, 1.165) is 50.2 Å². The molecule has 1 N–H and O–H groups in total. The van der Waals surface area contributed by atoms with Gasteiger partial charge in [-0.05, 0) is 13.8 Å². The molecule has 0 unspecified atom stereocenters. The molecule has 0 bridgehead atoms. The van der Waals surface area contributed by atoms with Crippen LogP contribution in [0.5, 0.6) is 0 Å². The van der Waals surface area contributed by atoms with Gasteiger partial charge in [-0.3, -0.25) is 0 Å². The van der Waals surface area contributed by atoms with Gasteiger partial charge in [0.15, 0.2) is 0 Å². The van der Waals surface area contributed by atoms with Crippen LogP contribution < -0.4 is 10.2 Å². The molecule has 0 fully saturated rings. The van der Waals surface area contributed by atoms with E-state index < -0.39 is 0 Å². The monoisotopic (exact) mass is 252 g/mol. The minimum absolute atomic E-state index is 0.717. The fourth-order valence-corrected chi connectivity index (χ4v) is 1.57. The van der Waals surface area contributed by atoms with E-state index in [0.29, 0.717) is 0 Å². The fraction of sp³-hybridized carbons (Fsp3) is 0.692. The van der Waals surface area contributed by atoms with Crippen molar-refractivity contribution in [3.05, 3.63) is 11.9 Å². The molecule has 5 heteroatoms. The summed E-state index contributed by atoms with van der Waals surface area (Å²) in [6.07, 6.45) is 0.839. The van der Waals surface area contributed by atoms with Gasteiger partial charge in [0.1, 0.15) is 17.5 Å². The maximum absolute atomic E-state index is 5.36. The molecule has 0 aliphatic carbocycles. The number of hydrogen-bond acceptors (Lipinski definition) is 5. The van der Waals surface area contributed by atoms with E-state index in [1.54, 1.807) is 0 Å². The molecule has 1 aromatic rings. The second kappa shape index (κ2) is 7.87. The SMILES string of the molecule is CCNc1cc(N(C)CCOCC)nc(CC)n1. The molecule has 0 amide bonds. The minimum atomic E-state index is 0.717. The second-order valence-corrected chi connectivity index (χ2v) is 4.03. The highest BCUT2D eigenvalue weighted by atomic mass is 16.5. The van der Waals surface area contributed by atoms with Crippen LogP contribution in [0.1, 0.15) is 26.6 Å². The van der Waals surface area contributed by atoms with Crippen molar-refractivity contribution >= 4 is 11.6 Å². The van der Waals surface area contributed by atoms with Crippen molar-refractivity contribution in [2.24, 2.45) is 0 Å². The van der Waals surface area contributed by atoms with Gasteiger partial charge in [-0.1, -0.05) is 6.92 Å². The van der Waals surface area contributed by atoms with Crippen LogP contribution in [-0.4, -0.2) is 43.3 Å². The fourth-order valence-electron chi connectivity index (χ4n) is 1.57. The molecule has 5 nitrogen and oxygen atoms in total. The first-order valence-electron chi connectivity index (χ1n) is 6.61. The highest BCUT2D eigenvalue weighted by Crippen LogP contribution is 2.14. The predicted octanol–water partition coefficient (Wildman–Crippen LogP) is 1.94. The topological polar surface area (TPSA) is 50.3 Å². The summed E-state index contributed by atoms with van der Waals surface area (Å²) in [5.41, 5.74) is 0.